The van der Waals surface area contributed by atoms with E-state index in [0.29, 0.717) is 12.8 Å². The van der Waals surface area contributed by atoms with Crippen LogP contribution in [-0.2, 0) is 9.59 Å². The molecule has 3 N–H and O–H groups in total. The fourth-order valence-corrected chi connectivity index (χ4v) is 2.56. The fourth-order valence-electron chi connectivity index (χ4n) is 2.56. The first kappa shape index (κ1) is 19.5. The van der Waals surface area contributed by atoms with Gasteiger partial charge in [0, 0.05) is 24.9 Å². The number of hydrogen-bond acceptors (Lipinski definition) is 3. The third kappa shape index (κ3) is 5.63. The van der Waals surface area contributed by atoms with Gasteiger partial charge in [-0.25, -0.2) is 8.78 Å². The van der Waals surface area contributed by atoms with Gasteiger partial charge in [0.1, 0.15) is 0 Å². The minimum Gasteiger partial charge on any atom is -0.396 e. The number of aliphatic hydroxyl groups is 1. The molecule has 0 spiro atoms. The first-order valence-corrected chi connectivity index (χ1v) is 8.21. The van der Waals surface area contributed by atoms with Gasteiger partial charge >= 0.3 is 11.8 Å². The van der Waals surface area contributed by atoms with Crippen molar-refractivity contribution in [1.82, 2.24) is 5.32 Å². The molecule has 0 aliphatic carbocycles. The molecule has 0 saturated carbocycles. The van der Waals surface area contributed by atoms with Crippen LogP contribution in [0.5, 0.6) is 0 Å². The molecule has 0 heterocycles. The fraction of sp³-hybridized carbons (Fsp3) is 0.263. The van der Waals surface area contributed by atoms with E-state index in [0.717, 1.165) is 23.8 Å². The molecule has 0 bridgehead atoms. The topological polar surface area (TPSA) is 78.4 Å². The van der Waals surface area contributed by atoms with Crippen molar-refractivity contribution in [1.29, 1.82) is 0 Å². The highest BCUT2D eigenvalue weighted by atomic mass is 19.2. The van der Waals surface area contributed by atoms with Crippen LogP contribution in [0.4, 0.5) is 14.5 Å². The van der Waals surface area contributed by atoms with Crippen molar-refractivity contribution < 1.29 is 23.5 Å². The van der Waals surface area contributed by atoms with Gasteiger partial charge in [0.2, 0.25) is 0 Å². The Bertz CT molecular complexity index is 754. The Kier molecular flexibility index (Phi) is 7.23. The van der Waals surface area contributed by atoms with E-state index in [9.17, 15) is 23.5 Å². The summed E-state index contributed by atoms with van der Waals surface area (Å²) in [7, 11) is 0. The molecule has 0 unspecified atom stereocenters. The number of halogens is 2. The Balaban J connectivity index is 1.84. The molecule has 0 aliphatic rings. The molecule has 0 aliphatic heterocycles. The largest absolute Gasteiger partial charge is 0.396 e. The minimum atomic E-state index is -1.11. The lowest BCUT2D eigenvalue weighted by molar-refractivity contribution is -0.136. The first-order valence-electron chi connectivity index (χ1n) is 8.21. The van der Waals surface area contributed by atoms with Gasteiger partial charge in [-0.3, -0.25) is 9.59 Å². The Hall–Kier alpha value is -2.80. The average Bonchev–Trinajstić information content (AvgIpc) is 2.64. The molecular formula is C19H20F2N2O3. The lowest BCUT2D eigenvalue weighted by Crippen LogP contribution is -2.36. The third-order valence-electron chi connectivity index (χ3n) is 3.91. The van der Waals surface area contributed by atoms with Gasteiger partial charge in [-0.1, -0.05) is 30.3 Å². The molecule has 2 aromatic rings. The van der Waals surface area contributed by atoms with E-state index >= 15 is 0 Å². The number of benzene rings is 2. The van der Waals surface area contributed by atoms with Crippen molar-refractivity contribution in [2.24, 2.45) is 0 Å². The van der Waals surface area contributed by atoms with Crippen molar-refractivity contribution in [3.63, 3.8) is 0 Å². The molecule has 0 saturated heterocycles. The average molecular weight is 362 g/mol. The highest BCUT2D eigenvalue weighted by molar-refractivity contribution is 6.39. The second-order valence-corrected chi connectivity index (χ2v) is 5.75. The van der Waals surface area contributed by atoms with Crippen molar-refractivity contribution in [2.45, 2.75) is 18.8 Å². The summed E-state index contributed by atoms with van der Waals surface area (Å²) in [6.45, 7) is 0.258. The van der Waals surface area contributed by atoms with E-state index in [4.69, 9.17) is 0 Å². The van der Waals surface area contributed by atoms with Gasteiger partial charge in [0.25, 0.3) is 0 Å². The van der Waals surface area contributed by atoms with Crippen LogP contribution < -0.4 is 10.6 Å². The van der Waals surface area contributed by atoms with Gasteiger partial charge < -0.3 is 15.7 Å². The Morgan fingerprint density at radius 2 is 1.69 bits per heavy atom. The molecule has 1 atom stereocenters. The summed E-state index contributed by atoms with van der Waals surface area (Å²) in [4.78, 5) is 23.6. The normalized spacial score (nSPS) is 11.7. The molecule has 2 rings (SSSR count). The van der Waals surface area contributed by atoms with Crippen LogP contribution in [0.2, 0.25) is 0 Å². The maximum atomic E-state index is 13.1. The summed E-state index contributed by atoms with van der Waals surface area (Å²) in [5.74, 6) is -3.93. The summed E-state index contributed by atoms with van der Waals surface area (Å²) in [6, 6.07) is 12.4. The van der Waals surface area contributed by atoms with Crippen LogP contribution in [0.3, 0.4) is 0 Å². The monoisotopic (exact) mass is 362 g/mol. The van der Waals surface area contributed by atoms with E-state index in [1.165, 1.54) is 0 Å². The second kappa shape index (κ2) is 9.62. The Morgan fingerprint density at radius 1 is 0.962 bits per heavy atom. The highest BCUT2D eigenvalue weighted by Crippen LogP contribution is 2.22. The van der Waals surface area contributed by atoms with Crippen LogP contribution >= 0.6 is 0 Å². The van der Waals surface area contributed by atoms with Gasteiger partial charge in [-0.05, 0) is 36.5 Å². The number of amides is 2. The quantitative estimate of drug-likeness (QED) is 0.663. The summed E-state index contributed by atoms with van der Waals surface area (Å²) in [6.07, 6.45) is 1.09. The zero-order valence-corrected chi connectivity index (χ0v) is 14.0. The minimum absolute atomic E-state index is 0.00788. The molecule has 0 aromatic heterocycles. The predicted octanol–water partition coefficient (Wildman–Crippen LogP) is 2.58. The lowest BCUT2D eigenvalue weighted by atomic mass is 9.93. The van der Waals surface area contributed by atoms with Crippen LogP contribution in [0.25, 0.3) is 0 Å². The zero-order chi connectivity index (χ0) is 18.9. The predicted molar refractivity (Wildman–Crippen MR) is 93.5 cm³/mol. The molecular weight excluding hydrogens is 342 g/mol. The van der Waals surface area contributed by atoms with E-state index in [2.05, 4.69) is 10.6 Å². The number of carbonyl (C=O) groups is 2. The molecule has 0 radical (unpaired) electrons. The van der Waals surface area contributed by atoms with Crippen LogP contribution in [0.15, 0.2) is 48.5 Å². The van der Waals surface area contributed by atoms with Gasteiger partial charge in [-0.2, -0.15) is 0 Å². The SMILES string of the molecule is O=C(NCC[C@H](CCO)c1ccccc1)C(=O)Nc1ccc(F)c(F)c1. The molecule has 2 amide bonds. The van der Waals surface area contributed by atoms with E-state index < -0.39 is 23.4 Å². The van der Waals surface area contributed by atoms with Gasteiger partial charge in [0.15, 0.2) is 11.6 Å². The third-order valence-corrected chi connectivity index (χ3v) is 3.91. The second-order valence-electron chi connectivity index (χ2n) is 5.75. The molecule has 7 heteroatoms. The van der Waals surface area contributed by atoms with Crippen LogP contribution in [-0.4, -0.2) is 30.1 Å². The van der Waals surface area contributed by atoms with Gasteiger partial charge in [0.05, 0.1) is 0 Å². The van der Waals surface area contributed by atoms with Crippen LogP contribution in [0, 0.1) is 11.6 Å². The summed E-state index contributed by atoms with van der Waals surface area (Å²) in [5.41, 5.74) is 1.04. The smallest absolute Gasteiger partial charge is 0.313 e. The molecule has 2 aromatic carbocycles. The molecule has 26 heavy (non-hydrogen) atoms. The Morgan fingerprint density at radius 3 is 2.35 bits per heavy atom. The number of aliphatic hydroxyl groups excluding tert-OH is 1. The maximum absolute atomic E-state index is 13.1. The van der Waals surface area contributed by atoms with E-state index in [1.54, 1.807) is 0 Å². The van der Waals surface area contributed by atoms with Crippen molar-refractivity contribution in [3.05, 3.63) is 65.7 Å². The molecule has 138 valence electrons. The Labute approximate surface area is 150 Å². The summed E-state index contributed by atoms with van der Waals surface area (Å²) in [5, 5.41) is 13.9. The lowest BCUT2D eigenvalue weighted by Gasteiger charge is -2.16. The van der Waals surface area contributed by atoms with Crippen molar-refractivity contribution in [3.8, 4) is 0 Å². The van der Waals surface area contributed by atoms with E-state index in [1.807, 2.05) is 30.3 Å². The first-order chi connectivity index (χ1) is 12.5. The summed E-state index contributed by atoms with van der Waals surface area (Å²) < 4.78 is 26.0. The van der Waals surface area contributed by atoms with Crippen molar-refractivity contribution in [2.75, 3.05) is 18.5 Å². The van der Waals surface area contributed by atoms with Gasteiger partial charge in [-0.15, -0.1) is 0 Å². The zero-order valence-electron chi connectivity index (χ0n) is 14.0. The number of carbonyl (C=O) groups excluding carboxylic acids is 2. The maximum Gasteiger partial charge on any atom is 0.313 e. The summed E-state index contributed by atoms with van der Waals surface area (Å²) >= 11 is 0. The number of anilines is 1. The highest BCUT2D eigenvalue weighted by Gasteiger charge is 2.16. The number of nitrogens with one attached hydrogen (secondary N) is 2. The van der Waals surface area contributed by atoms with E-state index in [-0.39, 0.29) is 24.8 Å². The molecule has 5 nitrogen and oxygen atoms in total. The van der Waals surface area contributed by atoms with Crippen LogP contribution in [0.1, 0.15) is 24.3 Å². The number of hydrogen-bond donors (Lipinski definition) is 3. The molecule has 0 fully saturated rings. The van der Waals surface area contributed by atoms with Crippen molar-refractivity contribution >= 4 is 17.5 Å². The number of rotatable bonds is 7. The standard InChI is InChI=1S/C19H20F2N2O3/c20-16-7-6-15(12-17(16)21)23-19(26)18(25)22-10-8-14(9-11-24)13-4-2-1-3-5-13/h1-7,12,14,24H,8-11H2,(H,22,25)(H,23,26)/t14-/m1/s1.